The van der Waals surface area contributed by atoms with E-state index in [1.54, 1.807) is 0 Å². The monoisotopic (exact) mass is 336 g/mol. The lowest BCUT2D eigenvalue weighted by atomic mass is 9.77. The Morgan fingerprint density at radius 1 is 0.880 bits per heavy atom. The second kappa shape index (κ2) is 5.72. The summed E-state index contributed by atoms with van der Waals surface area (Å²) in [4.78, 5) is 12.7. The lowest BCUT2D eigenvalue weighted by molar-refractivity contribution is -0.133. The molecule has 1 aliphatic heterocycles. The van der Waals surface area contributed by atoms with Crippen LogP contribution in [0.4, 0.5) is 0 Å². The molecule has 2 heteroatoms. The third kappa shape index (κ3) is 3.22. The van der Waals surface area contributed by atoms with Crippen molar-refractivity contribution in [2.45, 2.75) is 65.2 Å². The van der Waals surface area contributed by atoms with Gasteiger partial charge in [-0.05, 0) is 28.9 Å². The molecule has 25 heavy (non-hydrogen) atoms. The van der Waals surface area contributed by atoms with Gasteiger partial charge in [0.2, 0.25) is 0 Å². The van der Waals surface area contributed by atoms with Gasteiger partial charge in [0.25, 0.3) is 0 Å². The van der Waals surface area contributed by atoms with Crippen LogP contribution in [0.15, 0.2) is 36.4 Å². The zero-order valence-corrected chi connectivity index (χ0v) is 16.4. The van der Waals surface area contributed by atoms with Crippen molar-refractivity contribution in [2.75, 3.05) is 0 Å². The largest absolute Gasteiger partial charge is 0.425 e. The van der Waals surface area contributed by atoms with Crippen molar-refractivity contribution in [2.24, 2.45) is 0 Å². The molecule has 1 atom stereocenters. The minimum Gasteiger partial charge on any atom is -0.425 e. The first-order valence-electron chi connectivity index (χ1n) is 8.95. The van der Waals surface area contributed by atoms with Crippen molar-refractivity contribution in [1.82, 2.24) is 0 Å². The maximum absolute atomic E-state index is 12.7. The van der Waals surface area contributed by atoms with Gasteiger partial charge in [0.1, 0.15) is 11.7 Å². The summed E-state index contributed by atoms with van der Waals surface area (Å²) in [6.45, 7) is 15.2. The van der Waals surface area contributed by atoms with E-state index in [0.29, 0.717) is 0 Å². The Balaban J connectivity index is 2.24. The smallest absolute Gasteiger partial charge is 0.323 e. The Morgan fingerprint density at radius 2 is 1.48 bits per heavy atom. The van der Waals surface area contributed by atoms with Gasteiger partial charge in [0.05, 0.1) is 0 Å². The lowest BCUT2D eigenvalue weighted by Crippen LogP contribution is -2.17. The summed E-state index contributed by atoms with van der Waals surface area (Å²) < 4.78 is 5.79. The number of aryl methyl sites for hydroxylation is 1. The average molecular weight is 336 g/mol. The number of hydrogen-bond donors (Lipinski definition) is 0. The van der Waals surface area contributed by atoms with Crippen LogP contribution in [0.1, 0.15) is 75.3 Å². The van der Waals surface area contributed by atoms with Crippen LogP contribution < -0.4 is 4.74 Å². The molecule has 0 spiro atoms. The van der Waals surface area contributed by atoms with Crippen molar-refractivity contribution in [1.29, 1.82) is 0 Å². The third-order valence-electron chi connectivity index (χ3n) is 4.95. The van der Waals surface area contributed by atoms with Gasteiger partial charge in [0, 0.05) is 11.1 Å². The molecule has 1 heterocycles. The van der Waals surface area contributed by atoms with Crippen LogP contribution in [0.3, 0.4) is 0 Å². The highest BCUT2D eigenvalue weighted by Crippen LogP contribution is 2.47. The maximum atomic E-state index is 12.7. The molecule has 0 aromatic heterocycles. The van der Waals surface area contributed by atoms with Gasteiger partial charge in [-0.25, -0.2) is 0 Å². The Morgan fingerprint density at radius 3 is 2.00 bits per heavy atom. The molecule has 2 nitrogen and oxygen atoms in total. The summed E-state index contributed by atoms with van der Waals surface area (Å²) in [6, 6.07) is 12.6. The Kier molecular flexibility index (Phi) is 4.06. The molecule has 0 bridgehead atoms. The summed E-state index contributed by atoms with van der Waals surface area (Å²) in [7, 11) is 0. The standard InChI is InChI=1S/C23H28O2/c1-14-8-10-15(11-9-14)19-17-12-16(22(2,3)4)13-18(23(5,6)7)20(17)25-21(19)24/h8-13,19H,1-7H3/t19-/m0/s1. The average Bonchev–Trinajstić information content (AvgIpc) is 2.81. The molecular weight excluding hydrogens is 308 g/mol. The first-order valence-corrected chi connectivity index (χ1v) is 8.95. The molecule has 0 amide bonds. The number of carbonyl (C=O) groups is 1. The van der Waals surface area contributed by atoms with Gasteiger partial charge in [0.15, 0.2) is 0 Å². The molecule has 2 aromatic carbocycles. The van der Waals surface area contributed by atoms with Gasteiger partial charge in [-0.1, -0.05) is 83.5 Å². The molecule has 132 valence electrons. The van der Waals surface area contributed by atoms with Crippen LogP contribution in [0, 0.1) is 6.92 Å². The summed E-state index contributed by atoms with van der Waals surface area (Å²) >= 11 is 0. The van der Waals surface area contributed by atoms with Gasteiger partial charge >= 0.3 is 5.97 Å². The Bertz CT molecular complexity index is 815. The second-order valence-electron chi connectivity index (χ2n) is 9.21. The quantitative estimate of drug-likeness (QED) is 0.497. The third-order valence-corrected chi connectivity index (χ3v) is 4.95. The summed E-state index contributed by atoms with van der Waals surface area (Å²) in [5.41, 5.74) is 5.47. The summed E-state index contributed by atoms with van der Waals surface area (Å²) in [6.07, 6.45) is 0. The number of rotatable bonds is 1. The minimum atomic E-state index is -0.334. The van der Waals surface area contributed by atoms with Gasteiger partial charge in [-0.3, -0.25) is 4.79 Å². The number of carbonyl (C=O) groups excluding carboxylic acids is 1. The molecule has 0 radical (unpaired) electrons. The normalized spacial score (nSPS) is 17.4. The predicted molar refractivity (Wildman–Crippen MR) is 102 cm³/mol. The van der Waals surface area contributed by atoms with Crippen LogP contribution in [-0.4, -0.2) is 5.97 Å². The van der Waals surface area contributed by atoms with E-state index in [-0.39, 0.29) is 22.7 Å². The molecule has 0 N–H and O–H groups in total. The first-order chi connectivity index (χ1) is 11.5. The number of fused-ring (bicyclic) bond motifs is 1. The molecule has 2 aromatic rings. The van der Waals surface area contributed by atoms with Crippen molar-refractivity contribution >= 4 is 5.97 Å². The van der Waals surface area contributed by atoms with E-state index in [2.05, 4.69) is 72.7 Å². The van der Waals surface area contributed by atoms with Crippen molar-refractivity contribution in [3.63, 3.8) is 0 Å². The minimum absolute atomic E-state index is 0.0124. The van der Waals surface area contributed by atoms with E-state index in [9.17, 15) is 4.79 Å². The fourth-order valence-electron chi connectivity index (χ4n) is 3.33. The van der Waals surface area contributed by atoms with E-state index in [1.807, 2.05) is 12.1 Å². The molecule has 1 aliphatic rings. The van der Waals surface area contributed by atoms with E-state index in [0.717, 1.165) is 22.4 Å². The highest BCUT2D eigenvalue weighted by Gasteiger charge is 2.39. The van der Waals surface area contributed by atoms with Crippen LogP contribution >= 0.6 is 0 Å². The van der Waals surface area contributed by atoms with Crippen LogP contribution in [0.2, 0.25) is 0 Å². The van der Waals surface area contributed by atoms with E-state index in [4.69, 9.17) is 4.74 Å². The fourth-order valence-corrected chi connectivity index (χ4v) is 3.33. The molecular formula is C23H28O2. The lowest BCUT2D eigenvalue weighted by Gasteiger charge is -2.27. The second-order valence-corrected chi connectivity index (χ2v) is 9.21. The molecule has 0 unspecified atom stereocenters. The number of benzene rings is 2. The Labute approximate surface area is 151 Å². The molecule has 0 aliphatic carbocycles. The molecule has 0 saturated carbocycles. The van der Waals surface area contributed by atoms with Crippen molar-refractivity contribution in [3.8, 4) is 5.75 Å². The SMILES string of the molecule is Cc1ccc([C@@H]2C(=O)Oc3c2cc(C(C)(C)C)cc3C(C)(C)C)cc1. The van der Waals surface area contributed by atoms with Gasteiger partial charge < -0.3 is 4.74 Å². The molecule has 3 rings (SSSR count). The van der Waals surface area contributed by atoms with Crippen molar-refractivity contribution in [3.05, 3.63) is 64.2 Å². The van der Waals surface area contributed by atoms with E-state index in [1.165, 1.54) is 11.1 Å². The van der Waals surface area contributed by atoms with Crippen LogP contribution in [0.5, 0.6) is 5.75 Å². The zero-order valence-electron chi connectivity index (χ0n) is 16.4. The van der Waals surface area contributed by atoms with E-state index >= 15 is 0 Å². The maximum Gasteiger partial charge on any atom is 0.323 e. The van der Waals surface area contributed by atoms with Crippen LogP contribution in [-0.2, 0) is 15.6 Å². The molecule has 0 fully saturated rings. The number of hydrogen-bond acceptors (Lipinski definition) is 2. The Hall–Kier alpha value is -2.09. The highest BCUT2D eigenvalue weighted by atomic mass is 16.5. The van der Waals surface area contributed by atoms with Crippen molar-refractivity contribution < 1.29 is 9.53 Å². The highest BCUT2D eigenvalue weighted by molar-refractivity contribution is 5.90. The number of ether oxygens (including phenoxy) is 1. The summed E-state index contributed by atoms with van der Waals surface area (Å²) in [5, 5.41) is 0. The summed E-state index contributed by atoms with van der Waals surface area (Å²) in [5.74, 6) is 0.255. The molecule has 0 saturated heterocycles. The van der Waals surface area contributed by atoms with Gasteiger partial charge in [-0.15, -0.1) is 0 Å². The van der Waals surface area contributed by atoms with Crippen LogP contribution in [0.25, 0.3) is 0 Å². The zero-order chi connectivity index (χ0) is 18.6. The topological polar surface area (TPSA) is 26.3 Å². The predicted octanol–water partition coefficient (Wildman–Crippen LogP) is 5.64. The van der Waals surface area contributed by atoms with Gasteiger partial charge in [-0.2, -0.15) is 0 Å². The first kappa shape index (κ1) is 17.7. The fraction of sp³-hybridized carbons (Fsp3) is 0.435. The number of esters is 1. The van der Waals surface area contributed by atoms with E-state index < -0.39 is 0 Å².